The van der Waals surface area contributed by atoms with E-state index in [1.54, 1.807) is 40.3 Å². The number of hydrogen-bond acceptors (Lipinski definition) is 8. The van der Waals surface area contributed by atoms with Crippen LogP contribution >= 0.6 is 11.3 Å². The quantitative estimate of drug-likeness (QED) is 0.327. The average molecular weight is 640 g/mol. The zero-order valence-corrected chi connectivity index (χ0v) is 25.3. The number of halogens is 3. The number of ether oxygens (including phenoxy) is 2. The van der Waals surface area contributed by atoms with Gasteiger partial charge in [-0.3, -0.25) is 14.6 Å². The molecule has 6 rings (SSSR count). The normalized spacial score (nSPS) is 19.0. The molecule has 0 N–H and O–H groups in total. The Morgan fingerprint density at radius 1 is 1.04 bits per heavy atom. The van der Waals surface area contributed by atoms with Crippen LogP contribution in [0.1, 0.15) is 57.1 Å². The van der Waals surface area contributed by atoms with Crippen molar-refractivity contribution in [2.24, 2.45) is 0 Å². The molecule has 236 valence electrons. The van der Waals surface area contributed by atoms with Crippen molar-refractivity contribution in [3.63, 3.8) is 0 Å². The summed E-state index contributed by atoms with van der Waals surface area (Å²) in [6.07, 6.45) is -0.478. The lowest BCUT2D eigenvalue weighted by molar-refractivity contribution is -0.137. The van der Waals surface area contributed by atoms with E-state index in [0.29, 0.717) is 87.8 Å². The molecule has 0 bridgehead atoms. The number of carbonyl (C=O) groups excluding carboxylic acids is 2. The maximum Gasteiger partial charge on any atom is 0.416 e. The molecule has 3 fully saturated rings. The highest BCUT2D eigenvalue weighted by Crippen LogP contribution is 2.35. The van der Waals surface area contributed by atoms with Gasteiger partial charge in [0.1, 0.15) is 17.5 Å². The maximum absolute atomic E-state index is 13.2. The van der Waals surface area contributed by atoms with Crippen LogP contribution < -0.4 is 4.74 Å². The third-order valence-corrected chi connectivity index (χ3v) is 9.56. The molecule has 2 amide bonds. The molecule has 45 heavy (non-hydrogen) atoms. The van der Waals surface area contributed by atoms with Crippen LogP contribution in [0.2, 0.25) is 0 Å². The number of likely N-dealkylation sites (tertiary alicyclic amines) is 2. The summed E-state index contributed by atoms with van der Waals surface area (Å²) in [5.41, 5.74) is 0.123. The molecule has 0 atom stereocenters. The predicted molar refractivity (Wildman–Crippen MR) is 158 cm³/mol. The smallest absolute Gasteiger partial charge is 0.416 e. The van der Waals surface area contributed by atoms with Crippen LogP contribution in [-0.2, 0) is 24.0 Å². The maximum atomic E-state index is 13.2. The summed E-state index contributed by atoms with van der Waals surface area (Å²) < 4.78 is 50.5. The molecular weight excluding hydrogens is 607 g/mol. The van der Waals surface area contributed by atoms with Crippen molar-refractivity contribution in [1.29, 1.82) is 5.26 Å². The standard InChI is InChI=1S/C32H32F3N5O4S/c33-32(34,35)24-5-1-23(2-6-24)19-38-15-11-31(12-16-38)21-40(30(42)44-31)20-27-18-37-28(45-27)29(41)39-13-9-26(10-14-39)43-25-7-3-22(17-36)4-8-25/h1-8,18,26H,9-16,19-21H2. The van der Waals surface area contributed by atoms with Crippen molar-refractivity contribution >= 4 is 23.3 Å². The predicted octanol–water partition coefficient (Wildman–Crippen LogP) is 5.70. The van der Waals surface area contributed by atoms with E-state index in [1.165, 1.54) is 23.5 Å². The molecule has 0 unspecified atom stereocenters. The fraction of sp³-hybridized carbons (Fsp3) is 0.438. The SMILES string of the molecule is N#Cc1ccc(OC2CCN(C(=O)c3ncc(CN4CC5(CCN(Cc6ccc(C(F)(F)F)cc6)CC5)OC4=O)s3)CC2)cc1. The Morgan fingerprint density at radius 2 is 1.73 bits per heavy atom. The van der Waals surface area contributed by atoms with E-state index in [1.807, 2.05) is 0 Å². The number of rotatable bonds is 7. The molecule has 3 aliphatic rings. The highest BCUT2D eigenvalue weighted by molar-refractivity contribution is 7.13. The van der Waals surface area contributed by atoms with E-state index < -0.39 is 23.4 Å². The lowest BCUT2D eigenvalue weighted by atomic mass is 9.91. The number of nitriles is 1. The molecular formula is C32H32F3N5O4S. The van der Waals surface area contributed by atoms with Crippen LogP contribution in [0.3, 0.4) is 0 Å². The number of nitrogens with zero attached hydrogens (tertiary/aromatic N) is 5. The summed E-state index contributed by atoms with van der Waals surface area (Å²) in [6.45, 7) is 3.70. The van der Waals surface area contributed by atoms with Gasteiger partial charge in [-0.2, -0.15) is 18.4 Å². The third kappa shape index (κ3) is 7.23. The van der Waals surface area contributed by atoms with Crippen molar-refractivity contribution in [3.05, 3.63) is 81.3 Å². The summed E-state index contributed by atoms with van der Waals surface area (Å²) in [4.78, 5) is 36.7. The molecule has 0 radical (unpaired) electrons. The van der Waals surface area contributed by atoms with Crippen LogP contribution in [0.25, 0.3) is 0 Å². The third-order valence-electron chi connectivity index (χ3n) is 8.59. The molecule has 9 nitrogen and oxygen atoms in total. The largest absolute Gasteiger partial charge is 0.490 e. The van der Waals surface area contributed by atoms with Gasteiger partial charge in [0.2, 0.25) is 0 Å². The fourth-order valence-corrected chi connectivity index (χ4v) is 6.93. The van der Waals surface area contributed by atoms with Gasteiger partial charge in [-0.25, -0.2) is 9.78 Å². The number of alkyl halides is 3. The Hall–Kier alpha value is -4.15. The van der Waals surface area contributed by atoms with Crippen LogP contribution in [0, 0.1) is 11.3 Å². The van der Waals surface area contributed by atoms with Gasteiger partial charge in [0.25, 0.3) is 5.91 Å². The molecule has 3 aromatic rings. The summed E-state index contributed by atoms with van der Waals surface area (Å²) in [6, 6.07) is 14.3. The molecule has 4 heterocycles. The van der Waals surface area contributed by atoms with Crippen LogP contribution in [0.4, 0.5) is 18.0 Å². The van der Waals surface area contributed by atoms with Crippen molar-refractivity contribution in [1.82, 2.24) is 19.7 Å². The number of carbonyl (C=O) groups is 2. The molecule has 3 saturated heterocycles. The monoisotopic (exact) mass is 639 g/mol. The van der Waals surface area contributed by atoms with E-state index in [-0.39, 0.29) is 12.0 Å². The second-order valence-electron chi connectivity index (χ2n) is 11.8. The molecule has 2 aromatic carbocycles. The lowest BCUT2D eigenvalue weighted by Gasteiger charge is -2.37. The van der Waals surface area contributed by atoms with Gasteiger partial charge in [0, 0.05) is 69.5 Å². The zero-order chi connectivity index (χ0) is 31.6. The molecule has 1 aromatic heterocycles. The van der Waals surface area contributed by atoms with Crippen molar-refractivity contribution in [2.75, 3.05) is 32.7 Å². The first-order valence-corrected chi connectivity index (χ1v) is 15.7. The van der Waals surface area contributed by atoms with Crippen molar-refractivity contribution in [3.8, 4) is 11.8 Å². The first-order chi connectivity index (χ1) is 21.6. The Bertz CT molecular complexity index is 1560. The van der Waals surface area contributed by atoms with Crippen molar-refractivity contribution in [2.45, 2.75) is 56.7 Å². The summed E-state index contributed by atoms with van der Waals surface area (Å²) in [5.74, 6) is 0.568. The van der Waals surface area contributed by atoms with Gasteiger partial charge in [-0.1, -0.05) is 12.1 Å². The molecule has 0 saturated carbocycles. The van der Waals surface area contributed by atoms with E-state index in [0.717, 1.165) is 22.6 Å². The second-order valence-corrected chi connectivity index (χ2v) is 12.9. The van der Waals surface area contributed by atoms with E-state index in [4.69, 9.17) is 14.7 Å². The first-order valence-electron chi connectivity index (χ1n) is 14.9. The Labute approximate surface area is 262 Å². The number of piperidine rings is 2. The van der Waals surface area contributed by atoms with Gasteiger partial charge < -0.3 is 14.4 Å². The van der Waals surface area contributed by atoms with E-state index in [9.17, 15) is 22.8 Å². The van der Waals surface area contributed by atoms with Crippen LogP contribution in [0.15, 0.2) is 54.7 Å². The average Bonchev–Trinajstić information content (AvgIpc) is 3.62. The van der Waals surface area contributed by atoms with E-state index in [2.05, 4.69) is 16.0 Å². The minimum absolute atomic E-state index is 0.0148. The lowest BCUT2D eigenvalue weighted by Crippen LogP contribution is -2.46. The fourth-order valence-electron chi connectivity index (χ4n) is 6.03. The second kappa shape index (κ2) is 12.7. The number of benzene rings is 2. The van der Waals surface area contributed by atoms with Crippen LogP contribution in [0.5, 0.6) is 5.75 Å². The van der Waals surface area contributed by atoms with Gasteiger partial charge in [0.15, 0.2) is 5.01 Å². The number of hydrogen-bond donors (Lipinski definition) is 0. The summed E-state index contributed by atoms with van der Waals surface area (Å²) >= 11 is 1.28. The summed E-state index contributed by atoms with van der Waals surface area (Å²) in [7, 11) is 0. The number of thiazole rings is 1. The van der Waals surface area contributed by atoms with Crippen LogP contribution in [-0.4, -0.2) is 76.1 Å². The zero-order valence-electron chi connectivity index (χ0n) is 24.5. The number of amides is 2. The number of aromatic nitrogens is 1. The highest BCUT2D eigenvalue weighted by atomic mass is 32.1. The summed E-state index contributed by atoms with van der Waals surface area (Å²) in [5, 5.41) is 9.34. The highest BCUT2D eigenvalue weighted by Gasteiger charge is 2.47. The van der Waals surface area contributed by atoms with E-state index >= 15 is 0 Å². The van der Waals surface area contributed by atoms with Gasteiger partial charge in [-0.05, 0) is 42.0 Å². The van der Waals surface area contributed by atoms with Gasteiger partial charge in [-0.15, -0.1) is 11.3 Å². The van der Waals surface area contributed by atoms with Gasteiger partial charge >= 0.3 is 12.3 Å². The minimum Gasteiger partial charge on any atom is -0.490 e. The molecule has 13 heteroatoms. The Balaban J connectivity index is 0.962. The van der Waals surface area contributed by atoms with Crippen molar-refractivity contribution < 1.29 is 32.2 Å². The molecule has 0 aliphatic carbocycles. The Morgan fingerprint density at radius 3 is 2.38 bits per heavy atom. The first kappa shape index (κ1) is 30.9. The minimum atomic E-state index is -4.35. The topological polar surface area (TPSA) is 99.0 Å². The molecule has 1 spiro atoms. The van der Waals surface area contributed by atoms with Gasteiger partial charge in [0.05, 0.1) is 30.3 Å². The molecule has 3 aliphatic heterocycles. The Kier molecular flexibility index (Phi) is 8.70.